The van der Waals surface area contributed by atoms with E-state index < -0.39 is 5.54 Å². The molecular formula is C15H24N2O2. The first-order valence-electron chi connectivity index (χ1n) is 6.58. The van der Waals surface area contributed by atoms with E-state index in [0.29, 0.717) is 13.0 Å². The van der Waals surface area contributed by atoms with E-state index in [1.54, 1.807) is 0 Å². The number of rotatable bonds is 6. The van der Waals surface area contributed by atoms with Gasteiger partial charge in [-0.05, 0) is 33.8 Å². The Hall–Kier alpha value is -1.55. The van der Waals surface area contributed by atoms with Gasteiger partial charge in [0.25, 0.3) is 0 Å². The first-order valence-corrected chi connectivity index (χ1v) is 6.58. The van der Waals surface area contributed by atoms with Gasteiger partial charge < -0.3 is 15.8 Å². The van der Waals surface area contributed by atoms with Crippen molar-refractivity contribution < 1.29 is 9.53 Å². The van der Waals surface area contributed by atoms with Gasteiger partial charge in [-0.2, -0.15) is 0 Å². The Labute approximate surface area is 115 Å². The van der Waals surface area contributed by atoms with Crippen LogP contribution in [0.5, 0.6) is 5.75 Å². The van der Waals surface area contributed by atoms with Crippen LogP contribution in [0.3, 0.4) is 0 Å². The molecule has 1 amide bonds. The summed E-state index contributed by atoms with van der Waals surface area (Å²) in [6.07, 6.45) is 0.395. The third-order valence-electron chi connectivity index (χ3n) is 2.43. The number of nitrogens with two attached hydrogens (primary N) is 1. The number of benzene rings is 1. The minimum Gasteiger partial charge on any atom is -0.491 e. The monoisotopic (exact) mass is 264 g/mol. The molecule has 0 aliphatic rings. The largest absolute Gasteiger partial charge is 0.491 e. The normalized spacial score (nSPS) is 11.5. The Bertz CT molecular complexity index is 422. The first-order chi connectivity index (χ1) is 8.78. The standard InChI is InChI=1S/C15H24N2O2/c1-11(2)19-13-8-6-5-7-12(13)9-14(18)17-10-15(3,4)16/h5-8,11H,9-10,16H2,1-4H3,(H,17,18). The lowest BCUT2D eigenvalue weighted by Crippen LogP contribution is -2.45. The molecule has 1 aromatic rings. The summed E-state index contributed by atoms with van der Waals surface area (Å²) in [5.41, 5.74) is 6.33. The molecular weight excluding hydrogens is 240 g/mol. The maximum absolute atomic E-state index is 11.9. The fourth-order valence-corrected chi connectivity index (χ4v) is 1.58. The second kappa shape index (κ2) is 6.57. The van der Waals surface area contributed by atoms with Crippen LogP contribution < -0.4 is 15.8 Å². The molecule has 0 atom stereocenters. The van der Waals surface area contributed by atoms with Gasteiger partial charge in [0.1, 0.15) is 5.75 Å². The number of carbonyl (C=O) groups excluding carboxylic acids is 1. The minimum absolute atomic E-state index is 0.0432. The number of nitrogens with one attached hydrogen (secondary N) is 1. The van der Waals surface area contributed by atoms with Crippen LogP contribution in [0.2, 0.25) is 0 Å². The molecule has 0 aromatic heterocycles. The van der Waals surface area contributed by atoms with Crippen molar-refractivity contribution in [1.29, 1.82) is 0 Å². The zero-order chi connectivity index (χ0) is 14.5. The van der Waals surface area contributed by atoms with E-state index in [0.717, 1.165) is 11.3 Å². The maximum Gasteiger partial charge on any atom is 0.224 e. The average Bonchev–Trinajstić information content (AvgIpc) is 2.27. The molecule has 0 aliphatic heterocycles. The van der Waals surface area contributed by atoms with E-state index in [-0.39, 0.29) is 12.0 Å². The Balaban J connectivity index is 2.63. The van der Waals surface area contributed by atoms with Gasteiger partial charge in [0, 0.05) is 17.6 Å². The third kappa shape index (κ3) is 6.25. The van der Waals surface area contributed by atoms with Crippen LogP contribution in [0, 0.1) is 0 Å². The second-order valence-electron chi connectivity index (χ2n) is 5.72. The summed E-state index contributed by atoms with van der Waals surface area (Å²) in [7, 11) is 0. The van der Waals surface area contributed by atoms with E-state index in [1.807, 2.05) is 52.0 Å². The number of para-hydroxylation sites is 1. The van der Waals surface area contributed by atoms with Gasteiger partial charge in [0.2, 0.25) is 5.91 Å². The molecule has 19 heavy (non-hydrogen) atoms. The molecule has 106 valence electrons. The number of carbonyl (C=O) groups is 1. The van der Waals surface area contributed by atoms with Crippen molar-refractivity contribution in [2.24, 2.45) is 5.73 Å². The molecule has 4 nitrogen and oxygen atoms in total. The van der Waals surface area contributed by atoms with Crippen LogP contribution in [0.15, 0.2) is 24.3 Å². The van der Waals surface area contributed by atoms with Crippen molar-refractivity contribution >= 4 is 5.91 Å². The summed E-state index contributed by atoms with van der Waals surface area (Å²) in [6.45, 7) is 8.15. The number of ether oxygens (including phenoxy) is 1. The summed E-state index contributed by atoms with van der Waals surface area (Å²) in [6, 6.07) is 7.60. The molecule has 0 spiro atoms. The molecule has 0 saturated carbocycles. The van der Waals surface area contributed by atoms with Gasteiger partial charge in [-0.3, -0.25) is 4.79 Å². The number of hydrogen-bond donors (Lipinski definition) is 2. The summed E-state index contributed by atoms with van der Waals surface area (Å²) in [5.74, 6) is 0.720. The van der Waals surface area contributed by atoms with E-state index in [9.17, 15) is 4.79 Å². The SMILES string of the molecule is CC(C)Oc1ccccc1CC(=O)NCC(C)(C)N. The lowest BCUT2D eigenvalue weighted by Gasteiger charge is -2.19. The highest BCUT2D eigenvalue weighted by Gasteiger charge is 2.14. The predicted octanol–water partition coefficient (Wildman–Crippen LogP) is 1.87. The van der Waals surface area contributed by atoms with Crippen molar-refractivity contribution in [3.05, 3.63) is 29.8 Å². The minimum atomic E-state index is -0.399. The van der Waals surface area contributed by atoms with E-state index in [1.165, 1.54) is 0 Å². The van der Waals surface area contributed by atoms with Gasteiger partial charge in [0.15, 0.2) is 0 Å². The van der Waals surface area contributed by atoms with Crippen molar-refractivity contribution in [2.75, 3.05) is 6.54 Å². The molecule has 0 saturated heterocycles. The molecule has 1 aromatic carbocycles. The van der Waals surface area contributed by atoms with Crippen LogP contribution in [0.4, 0.5) is 0 Å². The summed E-state index contributed by atoms with van der Waals surface area (Å²) < 4.78 is 5.69. The lowest BCUT2D eigenvalue weighted by molar-refractivity contribution is -0.120. The number of hydrogen-bond acceptors (Lipinski definition) is 3. The molecule has 0 heterocycles. The van der Waals surface area contributed by atoms with Gasteiger partial charge in [0.05, 0.1) is 12.5 Å². The highest BCUT2D eigenvalue weighted by molar-refractivity contribution is 5.79. The zero-order valence-electron chi connectivity index (χ0n) is 12.2. The van der Waals surface area contributed by atoms with Gasteiger partial charge in [-0.25, -0.2) is 0 Å². The fourth-order valence-electron chi connectivity index (χ4n) is 1.58. The summed E-state index contributed by atoms with van der Waals surface area (Å²) in [5, 5.41) is 2.83. The summed E-state index contributed by atoms with van der Waals surface area (Å²) >= 11 is 0. The fraction of sp³-hybridized carbons (Fsp3) is 0.533. The van der Waals surface area contributed by atoms with Crippen LogP contribution in [-0.2, 0) is 11.2 Å². The second-order valence-corrected chi connectivity index (χ2v) is 5.72. The smallest absolute Gasteiger partial charge is 0.224 e. The maximum atomic E-state index is 11.9. The van der Waals surface area contributed by atoms with Crippen LogP contribution in [-0.4, -0.2) is 24.1 Å². The van der Waals surface area contributed by atoms with Gasteiger partial charge in [-0.15, -0.1) is 0 Å². The van der Waals surface area contributed by atoms with Crippen molar-refractivity contribution in [3.8, 4) is 5.75 Å². The average molecular weight is 264 g/mol. The molecule has 0 radical (unpaired) electrons. The topological polar surface area (TPSA) is 64.3 Å². The van der Waals surface area contributed by atoms with Gasteiger partial charge in [-0.1, -0.05) is 18.2 Å². The lowest BCUT2D eigenvalue weighted by atomic mass is 10.1. The Kier molecular flexibility index (Phi) is 5.36. The predicted molar refractivity (Wildman–Crippen MR) is 77.2 cm³/mol. The highest BCUT2D eigenvalue weighted by Crippen LogP contribution is 2.19. The third-order valence-corrected chi connectivity index (χ3v) is 2.43. The van der Waals surface area contributed by atoms with Crippen LogP contribution in [0.25, 0.3) is 0 Å². The van der Waals surface area contributed by atoms with E-state index >= 15 is 0 Å². The van der Waals surface area contributed by atoms with E-state index in [2.05, 4.69) is 5.32 Å². The molecule has 3 N–H and O–H groups in total. The van der Waals surface area contributed by atoms with Crippen molar-refractivity contribution in [1.82, 2.24) is 5.32 Å². The quantitative estimate of drug-likeness (QED) is 0.824. The van der Waals surface area contributed by atoms with Crippen LogP contribution in [0.1, 0.15) is 33.3 Å². The molecule has 1 rings (SSSR count). The Morgan fingerprint density at radius 1 is 1.37 bits per heavy atom. The number of amides is 1. The molecule has 0 fully saturated rings. The van der Waals surface area contributed by atoms with E-state index in [4.69, 9.17) is 10.5 Å². The Morgan fingerprint density at radius 2 is 2.00 bits per heavy atom. The van der Waals surface area contributed by atoms with Gasteiger partial charge >= 0.3 is 0 Å². The summed E-state index contributed by atoms with van der Waals surface area (Å²) in [4.78, 5) is 11.9. The zero-order valence-corrected chi connectivity index (χ0v) is 12.2. The first kappa shape index (κ1) is 15.5. The molecule has 4 heteroatoms. The molecule has 0 bridgehead atoms. The van der Waals surface area contributed by atoms with Crippen molar-refractivity contribution in [3.63, 3.8) is 0 Å². The van der Waals surface area contributed by atoms with Crippen LogP contribution >= 0.6 is 0 Å². The molecule has 0 unspecified atom stereocenters. The highest BCUT2D eigenvalue weighted by atomic mass is 16.5. The van der Waals surface area contributed by atoms with Crippen molar-refractivity contribution in [2.45, 2.75) is 45.8 Å². The molecule has 0 aliphatic carbocycles. The Morgan fingerprint density at radius 3 is 2.58 bits per heavy atom.